The number of aromatic nitrogens is 1. The number of primary amides is 1. The van der Waals surface area contributed by atoms with Gasteiger partial charge < -0.3 is 16.4 Å². The maximum absolute atomic E-state index is 13.4. The van der Waals surface area contributed by atoms with Crippen LogP contribution in [-0.4, -0.2) is 33.8 Å². The molecule has 1 aliphatic carbocycles. The number of benzene rings is 1. The first kappa shape index (κ1) is 17.0. The number of hydrogen-bond donors (Lipinski definition) is 2. The molecule has 2 fully saturated rings. The molecule has 0 unspecified atom stereocenters. The Morgan fingerprint density at radius 3 is 2.65 bits per heavy atom. The molecule has 2 aromatic rings. The highest BCUT2D eigenvalue weighted by Gasteiger charge is 2.49. The van der Waals surface area contributed by atoms with Gasteiger partial charge in [0, 0.05) is 6.04 Å². The van der Waals surface area contributed by atoms with E-state index in [1.165, 1.54) is 11.3 Å². The van der Waals surface area contributed by atoms with E-state index >= 15 is 0 Å². The fourth-order valence-electron chi connectivity index (χ4n) is 4.34. The molecule has 2 heterocycles. The number of nitrogen functional groups attached to an aromatic ring is 1. The minimum absolute atomic E-state index is 0.0776. The summed E-state index contributed by atoms with van der Waals surface area (Å²) in [5.74, 6) is -0.310. The van der Waals surface area contributed by atoms with Crippen LogP contribution in [0.5, 0.6) is 0 Å². The first-order valence-corrected chi connectivity index (χ1v) is 9.72. The van der Waals surface area contributed by atoms with Crippen molar-refractivity contribution in [2.75, 3.05) is 5.73 Å². The van der Waals surface area contributed by atoms with Gasteiger partial charge in [-0.15, -0.1) is 0 Å². The smallest absolute Gasteiger partial charge is 0.275 e. The van der Waals surface area contributed by atoms with Crippen LogP contribution < -0.4 is 11.5 Å². The van der Waals surface area contributed by atoms with E-state index < -0.39 is 11.9 Å². The summed E-state index contributed by atoms with van der Waals surface area (Å²) in [5.41, 5.74) is 13.9. The van der Waals surface area contributed by atoms with Gasteiger partial charge in [0.1, 0.15) is 11.7 Å². The Kier molecular flexibility index (Phi) is 4.19. The van der Waals surface area contributed by atoms with Crippen LogP contribution >= 0.6 is 11.3 Å². The van der Waals surface area contributed by atoms with E-state index in [1.807, 2.05) is 31.2 Å². The second-order valence-corrected chi connectivity index (χ2v) is 8.25. The standard InChI is InChI=1S/C19H22N4O2S/c1-10-5-7-11(8-6-10)16-15(22-19(21)26-16)18(25)23-13-4-2-3-12(13)9-14(23)17(20)24/h5-8,12-14H,2-4,9H2,1H3,(H2,20,24)(H2,21,22)/t12-,13-,14-/m0/s1. The van der Waals surface area contributed by atoms with Crippen molar-refractivity contribution in [3.8, 4) is 10.4 Å². The molecule has 26 heavy (non-hydrogen) atoms. The molecule has 7 heteroatoms. The summed E-state index contributed by atoms with van der Waals surface area (Å²) in [6.07, 6.45) is 3.70. The zero-order valence-electron chi connectivity index (χ0n) is 14.6. The second-order valence-electron chi connectivity index (χ2n) is 7.22. The highest BCUT2D eigenvalue weighted by atomic mass is 32.1. The van der Waals surface area contributed by atoms with E-state index in [2.05, 4.69) is 4.98 Å². The zero-order valence-corrected chi connectivity index (χ0v) is 15.5. The molecule has 1 saturated carbocycles. The van der Waals surface area contributed by atoms with Crippen LogP contribution in [-0.2, 0) is 4.79 Å². The Labute approximate surface area is 156 Å². The molecule has 4 N–H and O–H groups in total. The van der Waals surface area contributed by atoms with Crippen molar-refractivity contribution < 1.29 is 9.59 Å². The van der Waals surface area contributed by atoms with Gasteiger partial charge in [-0.25, -0.2) is 4.98 Å². The van der Waals surface area contributed by atoms with Gasteiger partial charge in [-0.05, 0) is 37.7 Å². The Bertz CT molecular complexity index is 861. The van der Waals surface area contributed by atoms with Crippen molar-refractivity contribution in [3.05, 3.63) is 35.5 Å². The van der Waals surface area contributed by atoms with Gasteiger partial charge in [0.25, 0.3) is 5.91 Å². The molecule has 1 aromatic carbocycles. The van der Waals surface area contributed by atoms with Crippen molar-refractivity contribution in [1.29, 1.82) is 0 Å². The number of nitrogens with two attached hydrogens (primary N) is 2. The summed E-state index contributed by atoms with van der Waals surface area (Å²) in [7, 11) is 0. The molecule has 3 atom stereocenters. The molecule has 1 saturated heterocycles. The predicted molar refractivity (Wildman–Crippen MR) is 102 cm³/mol. The minimum atomic E-state index is -0.549. The molecule has 2 amide bonds. The summed E-state index contributed by atoms with van der Waals surface area (Å²) in [6, 6.07) is 7.45. The molecule has 1 aromatic heterocycles. The third-order valence-corrected chi connectivity index (χ3v) is 6.49. The van der Waals surface area contributed by atoms with Gasteiger partial charge >= 0.3 is 0 Å². The first-order valence-electron chi connectivity index (χ1n) is 8.91. The quantitative estimate of drug-likeness (QED) is 0.867. The van der Waals surface area contributed by atoms with Crippen LogP contribution in [0.4, 0.5) is 5.13 Å². The van der Waals surface area contributed by atoms with Crippen molar-refractivity contribution in [1.82, 2.24) is 9.88 Å². The summed E-state index contributed by atoms with van der Waals surface area (Å²) in [6.45, 7) is 2.01. The fourth-order valence-corrected chi connectivity index (χ4v) is 5.17. The highest BCUT2D eigenvalue weighted by molar-refractivity contribution is 7.19. The Balaban J connectivity index is 1.74. The van der Waals surface area contributed by atoms with Crippen molar-refractivity contribution >= 4 is 28.3 Å². The summed E-state index contributed by atoms with van der Waals surface area (Å²) in [4.78, 5) is 32.1. The topological polar surface area (TPSA) is 102 Å². The van der Waals surface area contributed by atoms with Gasteiger partial charge in [-0.2, -0.15) is 0 Å². The van der Waals surface area contributed by atoms with Gasteiger partial charge in [0.05, 0.1) is 4.88 Å². The Morgan fingerprint density at radius 1 is 1.23 bits per heavy atom. The molecule has 6 nitrogen and oxygen atoms in total. The number of carbonyl (C=O) groups is 2. The summed E-state index contributed by atoms with van der Waals surface area (Å²) >= 11 is 1.30. The molecule has 136 valence electrons. The normalized spacial score (nSPS) is 24.7. The number of thiazole rings is 1. The maximum Gasteiger partial charge on any atom is 0.275 e. The van der Waals surface area contributed by atoms with Gasteiger partial charge in [-0.1, -0.05) is 47.6 Å². The van der Waals surface area contributed by atoms with Crippen LogP contribution in [0, 0.1) is 12.8 Å². The predicted octanol–water partition coefficient (Wildman–Crippen LogP) is 2.57. The number of fused-ring (bicyclic) bond motifs is 1. The lowest BCUT2D eigenvalue weighted by molar-refractivity contribution is -0.122. The summed E-state index contributed by atoms with van der Waals surface area (Å²) < 4.78 is 0. The number of rotatable bonds is 3. The fraction of sp³-hybridized carbons (Fsp3) is 0.421. The van der Waals surface area contributed by atoms with Gasteiger partial charge in [0.15, 0.2) is 5.13 Å². The van der Waals surface area contributed by atoms with Gasteiger partial charge in [-0.3, -0.25) is 9.59 Å². The zero-order chi connectivity index (χ0) is 18.4. The number of hydrogen-bond acceptors (Lipinski definition) is 5. The summed E-state index contributed by atoms with van der Waals surface area (Å²) in [5, 5.41) is 0.349. The third kappa shape index (κ3) is 2.76. The minimum Gasteiger partial charge on any atom is -0.375 e. The van der Waals surface area contributed by atoms with E-state index in [1.54, 1.807) is 4.90 Å². The lowest BCUT2D eigenvalue weighted by atomic mass is 10.0. The average Bonchev–Trinajstić information content (AvgIpc) is 3.28. The van der Waals surface area contributed by atoms with Crippen LogP contribution in [0.25, 0.3) is 10.4 Å². The lowest BCUT2D eigenvalue weighted by Gasteiger charge is -2.27. The number of carbonyl (C=O) groups excluding carboxylic acids is 2. The van der Waals surface area contributed by atoms with E-state index in [0.29, 0.717) is 23.2 Å². The SMILES string of the molecule is Cc1ccc(-c2sc(N)nc2C(=O)N2[C@H](C(N)=O)C[C@@H]3CCC[C@@H]32)cc1. The van der Waals surface area contributed by atoms with Crippen LogP contribution in [0.1, 0.15) is 41.7 Å². The molecule has 0 radical (unpaired) electrons. The van der Waals surface area contributed by atoms with Crippen LogP contribution in [0.3, 0.4) is 0 Å². The third-order valence-electron chi connectivity index (χ3n) is 5.56. The molecule has 4 rings (SSSR count). The van der Waals surface area contributed by atoms with Crippen molar-refractivity contribution in [2.45, 2.75) is 44.7 Å². The number of aryl methyl sites for hydroxylation is 1. The van der Waals surface area contributed by atoms with E-state index in [-0.39, 0.29) is 11.9 Å². The number of amides is 2. The number of likely N-dealkylation sites (tertiary alicyclic amines) is 1. The molecule has 0 spiro atoms. The van der Waals surface area contributed by atoms with Crippen LogP contribution in [0.15, 0.2) is 24.3 Å². The molecular formula is C19H22N4O2S. The van der Waals surface area contributed by atoms with Crippen LogP contribution in [0.2, 0.25) is 0 Å². The van der Waals surface area contributed by atoms with E-state index in [9.17, 15) is 9.59 Å². The number of nitrogens with zero attached hydrogens (tertiary/aromatic N) is 2. The van der Waals surface area contributed by atoms with Crippen molar-refractivity contribution in [3.63, 3.8) is 0 Å². The maximum atomic E-state index is 13.4. The average molecular weight is 370 g/mol. The van der Waals surface area contributed by atoms with Crippen molar-refractivity contribution in [2.24, 2.45) is 11.7 Å². The molecule has 2 aliphatic rings. The van der Waals surface area contributed by atoms with E-state index in [0.717, 1.165) is 35.3 Å². The Morgan fingerprint density at radius 2 is 1.96 bits per heavy atom. The molecular weight excluding hydrogens is 348 g/mol. The largest absolute Gasteiger partial charge is 0.375 e. The molecule has 0 bridgehead atoms. The first-order chi connectivity index (χ1) is 12.5. The van der Waals surface area contributed by atoms with E-state index in [4.69, 9.17) is 11.5 Å². The Hall–Kier alpha value is -2.41. The second kappa shape index (κ2) is 6.39. The highest BCUT2D eigenvalue weighted by Crippen LogP contribution is 2.43. The lowest BCUT2D eigenvalue weighted by Crippen LogP contribution is -2.47. The monoisotopic (exact) mass is 370 g/mol. The molecule has 1 aliphatic heterocycles. The number of anilines is 1. The van der Waals surface area contributed by atoms with Gasteiger partial charge in [0.2, 0.25) is 5.91 Å².